The van der Waals surface area contributed by atoms with Crippen LogP contribution in [0.1, 0.15) is 21.6 Å². The Labute approximate surface area is 88.5 Å². The molecule has 15 heavy (non-hydrogen) atoms. The molecule has 0 aliphatic carbocycles. The first-order chi connectivity index (χ1) is 7.04. The number of fused-ring (bicyclic) bond motifs is 1. The fraction of sp³-hybridized carbons (Fsp3) is 0.250. The molecule has 1 amide bonds. The number of carbonyl (C=O) groups excluding carboxylic acids is 1. The topological polar surface area (TPSA) is 48.0 Å². The summed E-state index contributed by atoms with van der Waals surface area (Å²) < 4.78 is 2.02. The van der Waals surface area contributed by atoms with Gasteiger partial charge in [-0.05, 0) is 19.4 Å². The molecule has 0 radical (unpaired) electrons. The van der Waals surface area contributed by atoms with E-state index in [-0.39, 0.29) is 5.91 Å². The zero-order chi connectivity index (χ0) is 11.2. The molecule has 0 saturated heterocycles. The maximum Gasteiger partial charge on any atom is 0.251 e. The highest BCUT2D eigenvalue weighted by molar-refractivity contribution is 6.08. The van der Waals surface area contributed by atoms with Gasteiger partial charge in [0.1, 0.15) is 0 Å². The minimum atomic E-state index is -0.358. The summed E-state index contributed by atoms with van der Waals surface area (Å²) in [5.74, 6) is -0.358. The summed E-state index contributed by atoms with van der Waals surface area (Å²) in [5, 5.41) is 0.947. The monoisotopic (exact) mass is 202 g/mol. The molecule has 2 aromatic rings. The molecule has 0 unspecified atom stereocenters. The van der Waals surface area contributed by atoms with Crippen molar-refractivity contribution in [2.24, 2.45) is 12.8 Å². The molecule has 1 aromatic heterocycles. The van der Waals surface area contributed by atoms with Gasteiger partial charge in [0.2, 0.25) is 0 Å². The highest BCUT2D eigenvalue weighted by atomic mass is 16.1. The third kappa shape index (κ3) is 1.23. The van der Waals surface area contributed by atoms with Crippen LogP contribution in [0.2, 0.25) is 0 Å². The minimum Gasteiger partial charge on any atom is -0.366 e. The van der Waals surface area contributed by atoms with Crippen LogP contribution >= 0.6 is 0 Å². The van der Waals surface area contributed by atoms with E-state index in [4.69, 9.17) is 5.73 Å². The van der Waals surface area contributed by atoms with Crippen LogP contribution in [0, 0.1) is 13.8 Å². The summed E-state index contributed by atoms with van der Waals surface area (Å²) in [4.78, 5) is 11.4. The van der Waals surface area contributed by atoms with Crippen molar-refractivity contribution in [3.63, 3.8) is 0 Å². The average molecular weight is 202 g/mol. The third-order valence-electron chi connectivity index (χ3n) is 2.95. The number of nitrogens with two attached hydrogens (primary N) is 1. The molecule has 1 aromatic carbocycles. The van der Waals surface area contributed by atoms with Crippen LogP contribution in [0.4, 0.5) is 0 Å². The molecule has 0 spiro atoms. The first-order valence-corrected chi connectivity index (χ1v) is 4.88. The molecule has 0 saturated carbocycles. The van der Waals surface area contributed by atoms with Crippen LogP contribution in [0.25, 0.3) is 10.9 Å². The van der Waals surface area contributed by atoms with Gasteiger partial charge in [-0.2, -0.15) is 0 Å². The predicted octanol–water partition coefficient (Wildman–Crippen LogP) is 1.89. The first-order valence-electron chi connectivity index (χ1n) is 4.88. The van der Waals surface area contributed by atoms with Crippen molar-refractivity contribution in [2.75, 3.05) is 0 Å². The van der Waals surface area contributed by atoms with E-state index < -0.39 is 0 Å². The molecule has 0 aliphatic heterocycles. The molecular formula is C12H14N2O. The van der Waals surface area contributed by atoms with Gasteiger partial charge in [-0.1, -0.05) is 18.2 Å². The minimum absolute atomic E-state index is 0.358. The summed E-state index contributed by atoms with van der Waals surface area (Å²) >= 11 is 0. The largest absolute Gasteiger partial charge is 0.366 e. The number of nitrogens with zero attached hydrogens (tertiary/aromatic N) is 1. The van der Waals surface area contributed by atoms with Gasteiger partial charge in [0.05, 0.1) is 11.1 Å². The number of rotatable bonds is 1. The van der Waals surface area contributed by atoms with E-state index in [0.717, 1.165) is 22.2 Å². The molecule has 2 N–H and O–H groups in total. The van der Waals surface area contributed by atoms with Gasteiger partial charge in [0.25, 0.3) is 5.91 Å². The van der Waals surface area contributed by atoms with Crippen LogP contribution in [-0.4, -0.2) is 10.5 Å². The van der Waals surface area contributed by atoms with Crippen molar-refractivity contribution < 1.29 is 4.79 Å². The second-order valence-corrected chi connectivity index (χ2v) is 3.85. The second-order valence-electron chi connectivity index (χ2n) is 3.85. The third-order valence-corrected chi connectivity index (χ3v) is 2.95. The second kappa shape index (κ2) is 3.12. The van der Waals surface area contributed by atoms with Gasteiger partial charge in [-0.25, -0.2) is 0 Å². The highest BCUT2D eigenvalue weighted by Gasteiger charge is 2.16. The van der Waals surface area contributed by atoms with Crippen LogP contribution < -0.4 is 5.73 Å². The van der Waals surface area contributed by atoms with Gasteiger partial charge in [-0.3, -0.25) is 4.79 Å². The molecule has 2 rings (SSSR count). The fourth-order valence-electron chi connectivity index (χ4n) is 2.15. The standard InChI is InChI=1S/C12H14N2O/c1-7-5-4-6-9-10(12(13)15)8(2)14(3)11(7)9/h4-6H,1-3H3,(H2,13,15). The summed E-state index contributed by atoms with van der Waals surface area (Å²) in [6, 6.07) is 5.92. The zero-order valence-corrected chi connectivity index (χ0v) is 9.16. The maximum atomic E-state index is 11.4. The Morgan fingerprint density at radius 1 is 1.33 bits per heavy atom. The van der Waals surface area contributed by atoms with Gasteiger partial charge in [-0.15, -0.1) is 0 Å². The van der Waals surface area contributed by atoms with Crippen molar-refractivity contribution in [1.82, 2.24) is 4.57 Å². The van der Waals surface area contributed by atoms with E-state index in [1.165, 1.54) is 0 Å². The fourth-order valence-corrected chi connectivity index (χ4v) is 2.15. The van der Waals surface area contributed by atoms with Crippen molar-refractivity contribution in [1.29, 1.82) is 0 Å². The maximum absolute atomic E-state index is 11.4. The van der Waals surface area contributed by atoms with E-state index in [2.05, 4.69) is 0 Å². The Kier molecular flexibility index (Phi) is 2.03. The number of para-hydroxylation sites is 1. The lowest BCUT2D eigenvalue weighted by molar-refractivity contribution is 0.100. The number of aromatic nitrogens is 1. The summed E-state index contributed by atoms with van der Waals surface area (Å²) in [5.41, 5.74) is 9.19. The van der Waals surface area contributed by atoms with E-state index in [1.54, 1.807) is 0 Å². The molecule has 0 fully saturated rings. The van der Waals surface area contributed by atoms with Crippen LogP contribution in [0.15, 0.2) is 18.2 Å². The van der Waals surface area contributed by atoms with E-state index in [0.29, 0.717) is 5.56 Å². The first kappa shape index (κ1) is 9.77. The molecule has 78 valence electrons. The number of carbonyl (C=O) groups is 1. The molecule has 3 heteroatoms. The molecule has 0 aliphatic rings. The van der Waals surface area contributed by atoms with E-state index >= 15 is 0 Å². The van der Waals surface area contributed by atoms with E-state index in [9.17, 15) is 4.79 Å². The van der Waals surface area contributed by atoms with Crippen molar-refractivity contribution in [2.45, 2.75) is 13.8 Å². The lowest BCUT2D eigenvalue weighted by Gasteiger charge is -2.01. The molecule has 3 nitrogen and oxygen atoms in total. The zero-order valence-electron chi connectivity index (χ0n) is 9.16. The Morgan fingerprint density at radius 2 is 2.00 bits per heavy atom. The lowest BCUT2D eigenvalue weighted by Crippen LogP contribution is -2.12. The molecule has 0 bridgehead atoms. The highest BCUT2D eigenvalue weighted by Crippen LogP contribution is 2.26. The number of amides is 1. The summed E-state index contributed by atoms with van der Waals surface area (Å²) in [6.45, 7) is 3.95. The number of hydrogen-bond acceptors (Lipinski definition) is 1. The quantitative estimate of drug-likeness (QED) is 0.754. The Morgan fingerprint density at radius 3 is 2.60 bits per heavy atom. The van der Waals surface area contributed by atoms with Gasteiger partial charge in [0.15, 0.2) is 0 Å². The van der Waals surface area contributed by atoms with Crippen LogP contribution in [0.5, 0.6) is 0 Å². The molecule has 0 atom stereocenters. The summed E-state index contributed by atoms with van der Waals surface area (Å²) in [6.07, 6.45) is 0. The van der Waals surface area contributed by atoms with Crippen molar-refractivity contribution >= 4 is 16.8 Å². The van der Waals surface area contributed by atoms with Gasteiger partial charge in [0, 0.05) is 18.1 Å². The lowest BCUT2D eigenvalue weighted by atomic mass is 10.1. The molecular weight excluding hydrogens is 188 g/mol. The van der Waals surface area contributed by atoms with Gasteiger partial charge < -0.3 is 10.3 Å². The summed E-state index contributed by atoms with van der Waals surface area (Å²) in [7, 11) is 1.96. The number of hydrogen-bond donors (Lipinski definition) is 1. The van der Waals surface area contributed by atoms with E-state index in [1.807, 2.05) is 43.7 Å². The van der Waals surface area contributed by atoms with Crippen LogP contribution in [0.3, 0.4) is 0 Å². The Hall–Kier alpha value is -1.77. The smallest absolute Gasteiger partial charge is 0.251 e. The number of aryl methyl sites for hydroxylation is 2. The Balaban J connectivity index is 3.00. The average Bonchev–Trinajstić information content (AvgIpc) is 2.41. The Bertz CT molecular complexity index is 552. The SMILES string of the molecule is Cc1cccc2c(C(N)=O)c(C)n(C)c12. The van der Waals surface area contributed by atoms with Crippen molar-refractivity contribution in [3.8, 4) is 0 Å². The van der Waals surface area contributed by atoms with Gasteiger partial charge >= 0.3 is 0 Å². The molecule has 1 heterocycles. The number of primary amides is 1. The van der Waals surface area contributed by atoms with Crippen LogP contribution in [-0.2, 0) is 7.05 Å². The normalized spacial score (nSPS) is 10.9. The number of benzene rings is 1. The van der Waals surface area contributed by atoms with Crippen molar-refractivity contribution in [3.05, 3.63) is 35.0 Å². The predicted molar refractivity (Wildman–Crippen MR) is 60.9 cm³/mol.